The van der Waals surface area contributed by atoms with Crippen molar-refractivity contribution in [2.45, 2.75) is 45.8 Å². The van der Waals surface area contributed by atoms with Gasteiger partial charge in [0.1, 0.15) is 11.8 Å². The Bertz CT molecular complexity index is 1180. The Labute approximate surface area is 188 Å². The first-order chi connectivity index (χ1) is 15.2. The Balaban J connectivity index is 1.79. The number of aromatic hydroxyl groups is 1. The zero-order valence-corrected chi connectivity index (χ0v) is 18.8. The average molecular weight is 429 g/mol. The molecule has 164 valence electrons. The van der Waals surface area contributed by atoms with E-state index in [1.165, 1.54) is 0 Å². The van der Waals surface area contributed by atoms with Crippen molar-refractivity contribution in [3.8, 4) is 16.9 Å². The monoisotopic (exact) mass is 428 g/mol. The normalized spacial score (nSPS) is 15.6. The van der Waals surface area contributed by atoms with Crippen molar-refractivity contribution >= 4 is 11.8 Å². The first-order valence-corrected chi connectivity index (χ1v) is 10.8. The minimum atomic E-state index is -0.764. The quantitative estimate of drug-likeness (QED) is 0.616. The highest BCUT2D eigenvalue weighted by Gasteiger charge is 2.43. The zero-order valence-electron chi connectivity index (χ0n) is 18.8. The van der Waals surface area contributed by atoms with Crippen molar-refractivity contribution in [3.05, 3.63) is 89.0 Å². The molecule has 5 heteroatoms. The van der Waals surface area contributed by atoms with Gasteiger partial charge >= 0.3 is 0 Å². The first-order valence-electron chi connectivity index (χ1n) is 10.8. The molecule has 2 N–H and O–H groups in total. The van der Waals surface area contributed by atoms with Crippen LogP contribution in [0.4, 0.5) is 0 Å². The molecule has 0 aliphatic carbocycles. The van der Waals surface area contributed by atoms with Gasteiger partial charge in [-0.25, -0.2) is 0 Å². The van der Waals surface area contributed by atoms with Crippen molar-refractivity contribution in [2.24, 2.45) is 0 Å². The van der Waals surface area contributed by atoms with E-state index in [9.17, 15) is 14.7 Å². The topological polar surface area (TPSA) is 69.6 Å². The molecular formula is C27H28N2O3. The van der Waals surface area contributed by atoms with Crippen molar-refractivity contribution < 1.29 is 14.7 Å². The summed E-state index contributed by atoms with van der Waals surface area (Å²) in [7, 11) is 0. The third-order valence-corrected chi connectivity index (χ3v) is 5.74. The number of carbonyl (C=O) groups excluding carboxylic acids is 2. The number of hydrogen-bond donors (Lipinski definition) is 2. The molecule has 5 nitrogen and oxygen atoms in total. The van der Waals surface area contributed by atoms with Gasteiger partial charge in [-0.05, 0) is 56.0 Å². The van der Waals surface area contributed by atoms with Crippen molar-refractivity contribution in [2.75, 3.05) is 0 Å². The number of benzene rings is 3. The third kappa shape index (κ3) is 3.98. The highest BCUT2D eigenvalue weighted by molar-refractivity contribution is 6.06. The molecule has 3 aromatic rings. The molecule has 0 aromatic heterocycles. The number of hydrogen-bond acceptors (Lipinski definition) is 3. The van der Waals surface area contributed by atoms with Crippen LogP contribution >= 0.6 is 0 Å². The molecule has 32 heavy (non-hydrogen) atoms. The summed E-state index contributed by atoms with van der Waals surface area (Å²) in [6, 6.07) is 20.4. The second kappa shape index (κ2) is 8.15. The molecule has 2 amide bonds. The second-order valence-electron chi connectivity index (χ2n) is 9.27. The van der Waals surface area contributed by atoms with Gasteiger partial charge in [-0.15, -0.1) is 0 Å². The number of fused-ring (bicyclic) bond motifs is 1. The van der Waals surface area contributed by atoms with Gasteiger partial charge in [0.25, 0.3) is 5.91 Å². The van der Waals surface area contributed by atoms with E-state index in [0.717, 1.165) is 16.7 Å². The van der Waals surface area contributed by atoms with Crippen LogP contribution in [0.15, 0.2) is 66.7 Å². The number of phenols is 1. The van der Waals surface area contributed by atoms with E-state index in [0.29, 0.717) is 16.7 Å². The van der Waals surface area contributed by atoms with E-state index in [-0.39, 0.29) is 24.1 Å². The maximum absolute atomic E-state index is 13.5. The highest BCUT2D eigenvalue weighted by Crippen LogP contribution is 2.40. The van der Waals surface area contributed by atoms with Crippen LogP contribution in [0.3, 0.4) is 0 Å². The number of carbonyl (C=O) groups is 2. The Hall–Kier alpha value is -3.60. The molecule has 0 radical (unpaired) electrons. The van der Waals surface area contributed by atoms with Crippen LogP contribution in [0.2, 0.25) is 0 Å². The molecule has 4 rings (SSSR count). The van der Waals surface area contributed by atoms with Gasteiger partial charge in [0.15, 0.2) is 0 Å². The predicted octanol–water partition coefficient (Wildman–Crippen LogP) is 4.98. The molecule has 0 saturated heterocycles. The van der Waals surface area contributed by atoms with Crippen LogP contribution in [-0.4, -0.2) is 27.4 Å². The molecule has 0 fully saturated rings. The van der Waals surface area contributed by atoms with Crippen molar-refractivity contribution in [1.29, 1.82) is 0 Å². The lowest BCUT2D eigenvalue weighted by Gasteiger charge is -2.29. The fourth-order valence-corrected chi connectivity index (χ4v) is 4.29. The summed E-state index contributed by atoms with van der Waals surface area (Å²) in [6.07, 6.45) is 0. The average Bonchev–Trinajstić information content (AvgIpc) is 3.03. The summed E-state index contributed by atoms with van der Waals surface area (Å²) < 4.78 is 0. The number of amides is 2. The van der Waals surface area contributed by atoms with Gasteiger partial charge in [-0.3, -0.25) is 9.59 Å². The molecule has 0 spiro atoms. The van der Waals surface area contributed by atoms with E-state index in [1.54, 1.807) is 24.0 Å². The van der Waals surface area contributed by atoms with Gasteiger partial charge in [-0.1, -0.05) is 60.7 Å². The lowest BCUT2D eigenvalue weighted by atomic mass is 9.97. The van der Waals surface area contributed by atoms with Crippen molar-refractivity contribution in [3.63, 3.8) is 0 Å². The van der Waals surface area contributed by atoms with Crippen LogP contribution in [0.25, 0.3) is 11.1 Å². The maximum atomic E-state index is 13.5. The Morgan fingerprint density at radius 3 is 2.34 bits per heavy atom. The van der Waals surface area contributed by atoms with E-state index in [1.807, 2.05) is 75.4 Å². The Kier molecular flexibility index (Phi) is 5.51. The van der Waals surface area contributed by atoms with Gasteiger partial charge < -0.3 is 15.3 Å². The summed E-state index contributed by atoms with van der Waals surface area (Å²) in [5.41, 5.74) is 4.13. The Morgan fingerprint density at radius 2 is 1.66 bits per heavy atom. The lowest BCUT2D eigenvalue weighted by Crippen LogP contribution is -2.46. The number of nitrogens with zero attached hydrogens (tertiary/aromatic N) is 1. The molecular weight excluding hydrogens is 400 g/mol. The number of rotatable bonds is 4. The largest absolute Gasteiger partial charge is 0.508 e. The third-order valence-electron chi connectivity index (χ3n) is 5.74. The summed E-state index contributed by atoms with van der Waals surface area (Å²) in [5, 5.41) is 13.2. The minimum Gasteiger partial charge on any atom is -0.508 e. The van der Waals surface area contributed by atoms with Crippen LogP contribution in [-0.2, 0) is 11.3 Å². The van der Waals surface area contributed by atoms with Gasteiger partial charge in [0, 0.05) is 17.6 Å². The first kappa shape index (κ1) is 21.6. The van der Waals surface area contributed by atoms with Crippen LogP contribution < -0.4 is 5.32 Å². The minimum absolute atomic E-state index is 0.0543. The van der Waals surface area contributed by atoms with Crippen LogP contribution in [0.1, 0.15) is 53.9 Å². The molecule has 0 unspecified atom stereocenters. The molecule has 1 aliphatic heterocycles. The zero-order chi connectivity index (χ0) is 23.0. The van der Waals surface area contributed by atoms with E-state index in [4.69, 9.17) is 0 Å². The molecule has 1 heterocycles. The molecule has 1 aliphatic rings. The molecule has 1 atom stereocenters. The van der Waals surface area contributed by atoms with E-state index in [2.05, 4.69) is 5.32 Å². The summed E-state index contributed by atoms with van der Waals surface area (Å²) >= 11 is 0. The maximum Gasteiger partial charge on any atom is 0.255 e. The fourth-order valence-electron chi connectivity index (χ4n) is 4.29. The predicted molar refractivity (Wildman–Crippen MR) is 125 cm³/mol. The molecule has 3 aromatic carbocycles. The summed E-state index contributed by atoms with van der Waals surface area (Å²) in [4.78, 5) is 28.5. The number of phenolic OH excluding ortho intramolecular Hbond substituents is 1. The lowest BCUT2D eigenvalue weighted by molar-refractivity contribution is -0.127. The van der Waals surface area contributed by atoms with Gasteiger partial charge in [0.2, 0.25) is 5.91 Å². The number of nitrogens with one attached hydrogen (secondary N) is 1. The Morgan fingerprint density at radius 1 is 1.00 bits per heavy atom. The summed E-state index contributed by atoms with van der Waals surface area (Å²) in [5.74, 6) is -0.421. The standard InChI is InChI=1S/C27H28N2O3/c1-17-22(30)15-14-21-23(17)26(32)29(24(21)25(31)28-27(2,3)4)16-19-12-8-9-13-20(19)18-10-6-5-7-11-18/h5-15,24,30H,16H2,1-4H3,(H,28,31)/t24-/m1/s1. The second-order valence-corrected chi connectivity index (χ2v) is 9.27. The van der Waals surface area contributed by atoms with Gasteiger partial charge in [0.05, 0.1) is 5.56 Å². The highest BCUT2D eigenvalue weighted by atomic mass is 16.3. The van der Waals surface area contributed by atoms with Gasteiger partial charge in [-0.2, -0.15) is 0 Å². The smallest absolute Gasteiger partial charge is 0.255 e. The van der Waals surface area contributed by atoms with E-state index >= 15 is 0 Å². The molecule has 0 saturated carbocycles. The van der Waals surface area contributed by atoms with E-state index < -0.39 is 11.6 Å². The van der Waals surface area contributed by atoms with Crippen LogP contribution in [0, 0.1) is 6.92 Å². The summed E-state index contributed by atoms with van der Waals surface area (Å²) in [6.45, 7) is 7.74. The van der Waals surface area contributed by atoms with Crippen LogP contribution in [0.5, 0.6) is 5.75 Å². The fraction of sp³-hybridized carbons (Fsp3) is 0.259. The SMILES string of the molecule is Cc1c(O)ccc2c1C(=O)N(Cc1ccccc1-c1ccccc1)[C@H]2C(=O)NC(C)(C)C. The van der Waals surface area contributed by atoms with Crippen molar-refractivity contribution in [1.82, 2.24) is 10.2 Å². The molecule has 0 bridgehead atoms.